The van der Waals surface area contributed by atoms with Crippen LogP contribution < -0.4 is 20.4 Å². The molecule has 0 saturated heterocycles. The molecule has 1 heterocycles. The fraction of sp³-hybridized carbons (Fsp3) is 0.243. The molecule has 0 fully saturated rings. The average molecular weight is 705 g/mol. The van der Waals surface area contributed by atoms with Crippen molar-refractivity contribution in [3.63, 3.8) is 0 Å². The first-order valence-corrected chi connectivity index (χ1v) is 15.8. The zero-order valence-electron chi connectivity index (χ0n) is 27.9. The van der Waals surface area contributed by atoms with E-state index in [1.54, 1.807) is 61.5 Å². The Morgan fingerprint density at radius 1 is 0.863 bits per heavy atom. The summed E-state index contributed by atoms with van der Waals surface area (Å²) in [6.07, 6.45) is -4.52. The highest BCUT2D eigenvalue weighted by molar-refractivity contribution is 6.15. The van der Waals surface area contributed by atoms with E-state index in [2.05, 4.69) is 10.6 Å². The summed E-state index contributed by atoms with van der Waals surface area (Å²) in [6, 6.07) is 25.3. The molecule has 1 aliphatic rings. The van der Waals surface area contributed by atoms with E-state index in [9.17, 15) is 37.1 Å². The first-order chi connectivity index (χ1) is 24.1. The van der Waals surface area contributed by atoms with Crippen LogP contribution in [0.15, 0.2) is 91.0 Å². The lowest BCUT2D eigenvalue weighted by Gasteiger charge is -2.26. The van der Waals surface area contributed by atoms with Crippen LogP contribution in [0.4, 0.5) is 30.2 Å². The number of alkyl halides is 3. The van der Waals surface area contributed by atoms with Gasteiger partial charge in [-0.05, 0) is 49.1 Å². The van der Waals surface area contributed by atoms with Gasteiger partial charge >= 0.3 is 12.1 Å². The molecule has 11 nitrogen and oxygen atoms in total. The van der Waals surface area contributed by atoms with Crippen molar-refractivity contribution in [1.29, 1.82) is 0 Å². The van der Waals surface area contributed by atoms with Crippen molar-refractivity contribution in [2.24, 2.45) is 5.92 Å². The van der Waals surface area contributed by atoms with Crippen LogP contribution in [-0.4, -0.2) is 65.8 Å². The Morgan fingerprint density at radius 3 is 2.04 bits per heavy atom. The zero-order valence-corrected chi connectivity index (χ0v) is 27.9. The molecule has 0 unspecified atom stereocenters. The van der Waals surface area contributed by atoms with Crippen molar-refractivity contribution in [3.05, 3.63) is 102 Å². The van der Waals surface area contributed by atoms with Crippen LogP contribution >= 0.6 is 0 Å². The van der Waals surface area contributed by atoms with Crippen LogP contribution in [0.1, 0.15) is 47.9 Å². The van der Waals surface area contributed by atoms with Crippen molar-refractivity contribution in [2.75, 3.05) is 28.2 Å². The smallest absolute Gasteiger partial charge is 0.475 e. The number of hydrogen-bond acceptors (Lipinski definition) is 6. The fourth-order valence-corrected chi connectivity index (χ4v) is 5.22. The van der Waals surface area contributed by atoms with Gasteiger partial charge in [-0.3, -0.25) is 28.9 Å². The Morgan fingerprint density at radius 2 is 1.43 bits per heavy atom. The number of hydrogen-bond donors (Lipinski definition) is 3. The summed E-state index contributed by atoms with van der Waals surface area (Å²) in [5.41, 5.74) is 2.16. The van der Waals surface area contributed by atoms with E-state index < -0.39 is 35.9 Å². The van der Waals surface area contributed by atoms with Gasteiger partial charge in [0.25, 0.3) is 11.8 Å². The number of Topliss-reactive ketones (excluding diaryl/α,β-unsaturated/α-hetero) is 1. The number of carbonyl (C=O) groups is 6. The Labute approximate surface area is 291 Å². The number of nitrogens with zero attached hydrogens (tertiary/aromatic N) is 2. The number of amides is 4. The highest BCUT2D eigenvalue weighted by Crippen LogP contribution is 2.34. The number of fused-ring (bicyclic) bond motifs is 2. The van der Waals surface area contributed by atoms with E-state index in [0.717, 1.165) is 10.8 Å². The van der Waals surface area contributed by atoms with Crippen LogP contribution in [0, 0.1) is 5.92 Å². The molecule has 5 rings (SSSR count). The summed E-state index contributed by atoms with van der Waals surface area (Å²) in [5.74, 6) is -4.92. The number of anilines is 3. The first-order valence-electron chi connectivity index (χ1n) is 15.8. The molecular weight excluding hydrogens is 669 g/mol. The number of aliphatic carboxylic acids is 1. The van der Waals surface area contributed by atoms with Crippen molar-refractivity contribution in [3.8, 4) is 0 Å². The molecular formula is C37H35F3N4O7. The van der Waals surface area contributed by atoms with Crippen molar-refractivity contribution in [2.45, 2.75) is 39.4 Å². The number of carboxylic acids is 1. The van der Waals surface area contributed by atoms with Gasteiger partial charge in [-0.15, -0.1) is 0 Å². The molecule has 3 N–H and O–H groups in total. The molecule has 14 heteroatoms. The monoisotopic (exact) mass is 704 g/mol. The number of rotatable bonds is 8. The lowest BCUT2D eigenvalue weighted by molar-refractivity contribution is -0.192. The van der Waals surface area contributed by atoms with E-state index >= 15 is 0 Å². The Balaban J connectivity index is 0.000000755. The predicted molar refractivity (Wildman–Crippen MR) is 185 cm³/mol. The lowest BCUT2D eigenvalue weighted by Crippen LogP contribution is -2.54. The summed E-state index contributed by atoms with van der Waals surface area (Å²) in [4.78, 5) is 78.0. The maximum absolute atomic E-state index is 14.1. The van der Waals surface area contributed by atoms with Crippen LogP contribution in [0.3, 0.4) is 0 Å². The summed E-state index contributed by atoms with van der Waals surface area (Å²) in [7, 11) is 0. The molecule has 0 aromatic heterocycles. The SMILES string of the molecule is CC[C@@H](C)C(=O)N[C@H]1CN(C(=O)c2ccc(C(C)=O)cc2)c2ccccc2N(CC(=O)Nc2cccc3ccccc23)C1=O.O=C(O)C(F)(F)F. The molecule has 0 bridgehead atoms. The van der Waals surface area contributed by atoms with Gasteiger partial charge in [0.1, 0.15) is 12.6 Å². The number of para-hydroxylation sites is 2. The van der Waals surface area contributed by atoms with Gasteiger partial charge in [-0.1, -0.05) is 74.5 Å². The Bertz CT molecular complexity index is 1960. The third kappa shape index (κ3) is 9.15. The van der Waals surface area contributed by atoms with E-state index in [4.69, 9.17) is 9.90 Å². The summed E-state index contributed by atoms with van der Waals surface area (Å²) >= 11 is 0. The number of halogens is 3. The largest absolute Gasteiger partial charge is 0.490 e. The van der Waals surface area contributed by atoms with Crippen molar-refractivity contribution >= 4 is 63.2 Å². The molecule has 2 atom stereocenters. The predicted octanol–water partition coefficient (Wildman–Crippen LogP) is 5.84. The maximum Gasteiger partial charge on any atom is 0.490 e. The van der Waals surface area contributed by atoms with Gasteiger partial charge in [-0.2, -0.15) is 13.2 Å². The van der Waals surface area contributed by atoms with Crippen LogP contribution in [0.25, 0.3) is 10.8 Å². The van der Waals surface area contributed by atoms with Crippen LogP contribution in [0.2, 0.25) is 0 Å². The minimum absolute atomic E-state index is 0.125. The van der Waals surface area contributed by atoms with Crippen LogP contribution in [-0.2, 0) is 19.2 Å². The van der Waals surface area contributed by atoms with E-state index in [1.807, 2.05) is 43.3 Å². The van der Waals surface area contributed by atoms with Gasteiger partial charge in [0.2, 0.25) is 11.8 Å². The lowest BCUT2D eigenvalue weighted by atomic mass is 10.1. The maximum atomic E-state index is 14.1. The quantitative estimate of drug-likeness (QED) is 0.195. The summed E-state index contributed by atoms with van der Waals surface area (Å²) < 4.78 is 31.7. The van der Waals surface area contributed by atoms with Gasteiger partial charge in [0.15, 0.2) is 5.78 Å². The summed E-state index contributed by atoms with van der Waals surface area (Å²) in [6.45, 7) is 4.60. The second-order valence-corrected chi connectivity index (χ2v) is 11.7. The Hall–Kier alpha value is -6.05. The molecule has 266 valence electrons. The van der Waals surface area contributed by atoms with Crippen molar-refractivity contribution < 1.29 is 47.0 Å². The van der Waals surface area contributed by atoms with Gasteiger partial charge < -0.3 is 20.6 Å². The zero-order chi connectivity index (χ0) is 37.5. The molecule has 0 radical (unpaired) electrons. The van der Waals surface area contributed by atoms with Gasteiger partial charge in [0.05, 0.1) is 17.9 Å². The number of nitrogens with one attached hydrogen (secondary N) is 2. The highest BCUT2D eigenvalue weighted by Gasteiger charge is 2.39. The number of benzene rings is 4. The minimum atomic E-state index is -5.08. The third-order valence-corrected chi connectivity index (χ3v) is 8.16. The molecule has 0 spiro atoms. The number of carboxylic acid groups (broad SMARTS) is 1. The molecule has 4 aromatic rings. The second kappa shape index (κ2) is 16.1. The van der Waals surface area contributed by atoms with E-state index in [1.165, 1.54) is 16.7 Å². The molecule has 1 aliphatic heterocycles. The third-order valence-electron chi connectivity index (χ3n) is 8.16. The normalized spacial score (nSPS) is 14.7. The Kier molecular flexibility index (Phi) is 11.9. The standard InChI is InChI=1S/C35H34N4O5.C2HF3O2/c1-4-22(2)33(42)37-29-20-38(34(43)26-18-16-24(17-19-26)23(3)40)30-14-7-8-15-31(30)39(35(29)44)21-32(41)36-28-13-9-11-25-10-5-6-12-27(25)28;3-2(4,5)1(6)7/h5-19,22,29H,4,20-21H2,1-3H3,(H,36,41)(H,37,42);(H,6,7)/t22-,29+;/m1./s1. The van der Waals surface area contributed by atoms with E-state index in [-0.39, 0.29) is 30.7 Å². The van der Waals surface area contributed by atoms with Gasteiger partial charge in [0, 0.05) is 28.1 Å². The molecule has 51 heavy (non-hydrogen) atoms. The minimum Gasteiger partial charge on any atom is -0.475 e. The van der Waals surface area contributed by atoms with Gasteiger partial charge in [-0.25, -0.2) is 4.79 Å². The number of ketones is 1. The molecule has 0 saturated carbocycles. The average Bonchev–Trinajstić information content (AvgIpc) is 3.21. The van der Waals surface area contributed by atoms with Crippen LogP contribution in [0.5, 0.6) is 0 Å². The fourth-order valence-electron chi connectivity index (χ4n) is 5.22. The molecule has 0 aliphatic carbocycles. The van der Waals surface area contributed by atoms with Crippen molar-refractivity contribution in [1.82, 2.24) is 5.32 Å². The number of carbonyl (C=O) groups excluding carboxylic acids is 5. The first kappa shape index (κ1) is 37.8. The topological polar surface area (TPSA) is 153 Å². The summed E-state index contributed by atoms with van der Waals surface area (Å²) in [5, 5.41) is 14.7. The van der Waals surface area contributed by atoms with E-state index in [0.29, 0.717) is 34.6 Å². The molecule has 4 aromatic carbocycles. The highest BCUT2D eigenvalue weighted by atomic mass is 19.4. The second-order valence-electron chi connectivity index (χ2n) is 11.7. The molecule has 4 amide bonds.